The first kappa shape index (κ1) is 18.7. The maximum absolute atomic E-state index is 11.9. The van der Waals surface area contributed by atoms with Crippen molar-refractivity contribution in [2.45, 2.75) is 32.4 Å². The zero-order valence-electron chi connectivity index (χ0n) is 14.7. The molecule has 0 bridgehead atoms. The van der Waals surface area contributed by atoms with Gasteiger partial charge in [0.1, 0.15) is 0 Å². The zero-order valence-corrected chi connectivity index (χ0v) is 14.7. The third-order valence-corrected chi connectivity index (χ3v) is 3.98. The van der Waals surface area contributed by atoms with Crippen LogP contribution in [0, 0.1) is 0 Å². The van der Waals surface area contributed by atoms with Crippen molar-refractivity contribution in [2.24, 2.45) is 0 Å². The number of hydrogen-bond acceptors (Lipinski definition) is 3. The summed E-state index contributed by atoms with van der Waals surface area (Å²) in [6.07, 6.45) is 3.38. The van der Waals surface area contributed by atoms with Crippen LogP contribution in [-0.2, 0) is 11.3 Å². The van der Waals surface area contributed by atoms with Gasteiger partial charge >= 0.3 is 6.03 Å². The molecule has 0 saturated carbocycles. The lowest BCUT2D eigenvalue weighted by molar-refractivity contribution is 0.119. The van der Waals surface area contributed by atoms with Gasteiger partial charge in [-0.25, -0.2) is 4.79 Å². The van der Waals surface area contributed by atoms with Crippen molar-refractivity contribution in [3.63, 3.8) is 0 Å². The zero-order chi connectivity index (χ0) is 18.1. The van der Waals surface area contributed by atoms with Gasteiger partial charge in [0, 0.05) is 38.1 Å². The third kappa shape index (κ3) is 6.08. The number of carbonyl (C=O) groups excluding carboxylic acids is 1. The van der Waals surface area contributed by atoms with Crippen LogP contribution in [0.4, 0.5) is 10.5 Å². The standard InChI is InChI=1S/C19H25N3O3/c1-15(25-2)16-8-7-9-17(14-16)21-19(24)20-11-4-6-13-22-12-5-3-10-18(22)23/h3,5,7-10,12,14-15H,4,6,11,13H2,1-2H3,(H2,20,21,24)/t15-/m1/s1. The average Bonchev–Trinajstić information content (AvgIpc) is 2.62. The minimum Gasteiger partial charge on any atom is -0.377 e. The van der Waals surface area contributed by atoms with E-state index in [9.17, 15) is 9.59 Å². The smallest absolute Gasteiger partial charge is 0.319 e. The molecule has 0 unspecified atom stereocenters. The molecule has 1 heterocycles. The van der Waals surface area contributed by atoms with Crippen molar-refractivity contribution < 1.29 is 9.53 Å². The lowest BCUT2D eigenvalue weighted by atomic mass is 10.1. The highest BCUT2D eigenvalue weighted by Crippen LogP contribution is 2.19. The molecule has 6 nitrogen and oxygen atoms in total. The Labute approximate surface area is 147 Å². The number of pyridine rings is 1. The van der Waals surface area contributed by atoms with Crippen molar-refractivity contribution in [3.05, 3.63) is 64.6 Å². The maximum Gasteiger partial charge on any atom is 0.319 e. The van der Waals surface area contributed by atoms with Crippen LogP contribution in [0.5, 0.6) is 0 Å². The van der Waals surface area contributed by atoms with Gasteiger partial charge in [0.25, 0.3) is 0 Å². The number of amides is 2. The molecule has 2 aromatic rings. The highest BCUT2D eigenvalue weighted by atomic mass is 16.5. The Kier molecular flexibility index (Phi) is 7.22. The predicted octanol–water partition coefficient (Wildman–Crippen LogP) is 3.16. The summed E-state index contributed by atoms with van der Waals surface area (Å²) in [6.45, 7) is 3.17. The summed E-state index contributed by atoms with van der Waals surface area (Å²) in [5, 5.41) is 5.64. The molecule has 134 valence electrons. The summed E-state index contributed by atoms with van der Waals surface area (Å²) >= 11 is 0. The van der Waals surface area contributed by atoms with E-state index in [2.05, 4.69) is 10.6 Å². The fourth-order valence-corrected chi connectivity index (χ4v) is 2.44. The number of nitrogens with one attached hydrogen (secondary N) is 2. The van der Waals surface area contributed by atoms with Gasteiger partial charge in [-0.2, -0.15) is 0 Å². The first-order valence-electron chi connectivity index (χ1n) is 8.43. The molecule has 0 aliphatic rings. The molecular weight excluding hydrogens is 318 g/mol. The fraction of sp³-hybridized carbons (Fsp3) is 0.368. The highest BCUT2D eigenvalue weighted by Gasteiger charge is 2.06. The molecule has 0 spiro atoms. The quantitative estimate of drug-likeness (QED) is 0.723. The Hall–Kier alpha value is -2.60. The Balaban J connectivity index is 1.71. The van der Waals surface area contributed by atoms with E-state index in [0.29, 0.717) is 13.1 Å². The summed E-state index contributed by atoms with van der Waals surface area (Å²) in [5.74, 6) is 0. The Morgan fingerprint density at radius 2 is 2.04 bits per heavy atom. The summed E-state index contributed by atoms with van der Waals surface area (Å²) in [6, 6.07) is 12.5. The number of unbranched alkanes of at least 4 members (excludes halogenated alkanes) is 1. The number of aromatic nitrogens is 1. The molecule has 1 atom stereocenters. The van der Waals surface area contributed by atoms with E-state index in [1.807, 2.05) is 37.3 Å². The molecule has 2 rings (SSSR count). The molecule has 0 aliphatic carbocycles. The molecular formula is C19H25N3O3. The van der Waals surface area contributed by atoms with E-state index >= 15 is 0 Å². The van der Waals surface area contributed by atoms with Crippen LogP contribution in [0.25, 0.3) is 0 Å². The Morgan fingerprint density at radius 3 is 2.80 bits per heavy atom. The first-order valence-corrected chi connectivity index (χ1v) is 8.43. The van der Waals surface area contributed by atoms with Gasteiger partial charge in [-0.15, -0.1) is 0 Å². The van der Waals surface area contributed by atoms with E-state index < -0.39 is 0 Å². The van der Waals surface area contributed by atoms with E-state index in [-0.39, 0.29) is 17.7 Å². The van der Waals surface area contributed by atoms with Crippen molar-refractivity contribution >= 4 is 11.7 Å². The number of anilines is 1. The number of urea groups is 1. The van der Waals surface area contributed by atoms with Crippen LogP contribution in [0.3, 0.4) is 0 Å². The number of benzene rings is 1. The Morgan fingerprint density at radius 1 is 1.20 bits per heavy atom. The maximum atomic E-state index is 11.9. The lowest BCUT2D eigenvalue weighted by Gasteiger charge is -2.12. The average molecular weight is 343 g/mol. The molecule has 1 aromatic heterocycles. The van der Waals surface area contributed by atoms with E-state index in [0.717, 1.165) is 24.1 Å². The van der Waals surface area contributed by atoms with Crippen molar-refractivity contribution in [3.8, 4) is 0 Å². The summed E-state index contributed by atoms with van der Waals surface area (Å²) in [5.41, 5.74) is 1.74. The SMILES string of the molecule is CO[C@H](C)c1cccc(NC(=O)NCCCCn2ccccc2=O)c1. The number of hydrogen-bond donors (Lipinski definition) is 2. The number of aryl methyl sites for hydroxylation is 1. The van der Waals surface area contributed by atoms with Gasteiger partial charge in [0.15, 0.2) is 0 Å². The summed E-state index contributed by atoms with van der Waals surface area (Å²) < 4.78 is 6.95. The molecule has 25 heavy (non-hydrogen) atoms. The third-order valence-electron chi connectivity index (χ3n) is 3.98. The molecule has 1 aromatic carbocycles. The van der Waals surface area contributed by atoms with Crippen molar-refractivity contribution in [2.75, 3.05) is 19.0 Å². The van der Waals surface area contributed by atoms with Gasteiger partial charge in [-0.1, -0.05) is 18.2 Å². The highest BCUT2D eigenvalue weighted by molar-refractivity contribution is 5.89. The molecule has 0 aliphatic heterocycles. The largest absolute Gasteiger partial charge is 0.377 e. The molecule has 0 saturated heterocycles. The van der Waals surface area contributed by atoms with Gasteiger partial charge in [0.2, 0.25) is 5.56 Å². The van der Waals surface area contributed by atoms with Crippen LogP contribution in [0.2, 0.25) is 0 Å². The van der Waals surface area contributed by atoms with Crippen molar-refractivity contribution in [1.82, 2.24) is 9.88 Å². The predicted molar refractivity (Wildman–Crippen MR) is 98.8 cm³/mol. The van der Waals surface area contributed by atoms with Gasteiger partial charge < -0.3 is 19.9 Å². The van der Waals surface area contributed by atoms with Crippen LogP contribution in [-0.4, -0.2) is 24.3 Å². The first-order chi connectivity index (χ1) is 12.1. The number of nitrogens with zero attached hydrogens (tertiary/aromatic N) is 1. The minimum absolute atomic E-state index is 0.00151. The summed E-state index contributed by atoms with van der Waals surface area (Å²) in [7, 11) is 1.65. The van der Waals surface area contributed by atoms with Crippen molar-refractivity contribution in [1.29, 1.82) is 0 Å². The Bertz CT molecular complexity index is 742. The summed E-state index contributed by atoms with van der Waals surface area (Å²) in [4.78, 5) is 23.5. The molecule has 2 amide bonds. The van der Waals surface area contributed by atoms with E-state index in [4.69, 9.17) is 4.74 Å². The van der Waals surface area contributed by atoms with Crippen LogP contribution >= 0.6 is 0 Å². The van der Waals surface area contributed by atoms with Crippen LogP contribution in [0.1, 0.15) is 31.4 Å². The van der Waals surface area contributed by atoms with E-state index in [1.54, 1.807) is 30.0 Å². The topological polar surface area (TPSA) is 72.4 Å². The lowest BCUT2D eigenvalue weighted by Crippen LogP contribution is -2.29. The molecule has 2 N–H and O–H groups in total. The van der Waals surface area contributed by atoms with Gasteiger partial charge in [0.05, 0.1) is 6.10 Å². The monoisotopic (exact) mass is 343 g/mol. The molecule has 6 heteroatoms. The normalized spacial score (nSPS) is 11.8. The van der Waals surface area contributed by atoms with Gasteiger partial charge in [-0.05, 0) is 43.5 Å². The minimum atomic E-state index is -0.237. The fourth-order valence-electron chi connectivity index (χ4n) is 2.44. The molecule has 0 radical (unpaired) electrons. The molecule has 0 fully saturated rings. The second-order valence-electron chi connectivity index (χ2n) is 5.82. The number of methoxy groups -OCH3 is 1. The second-order valence-corrected chi connectivity index (χ2v) is 5.82. The van der Waals surface area contributed by atoms with Crippen LogP contribution in [0.15, 0.2) is 53.5 Å². The number of rotatable bonds is 8. The van der Waals surface area contributed by atoms with E-state index in [1.165, 1.54) is 0 Å². The number of carbonyl (C=O) groups is 1. The van der Waals surface area contributed by atoms with Crippen LogP contribution < -0.4 is 16.2 Å². The van der Waals surface area contributed by atoms with Gasteiger partial charge in [-0.3, -0.25) is 4.79 Å². The second kappa shape index (κ2) is 9.64. The number of ether oxygens (including phenoxy) is 1.